The predicted octanol–water partition coefficient (Wildman–Crippen LogP) is 1.11. The second-order valence-corrected chi connectivity index (χ2v) is 7.01. The summed E-state index contributed by atoms with van der Waals surface area (Å²) in [6.45, 7) is 5.15. The van der Waals surface area contributed by atoms with E-state index < -0.39 is 15.3 Å². The third-order valence-corrected chi connectivity index (χ3v) is 5.98. The van der Waals surface area contributed by atoms with Crippen molar-refractivity contribution in [2.45, 2.75) is 38.4 Å². The van der Waals surface area contributed by atoms with Crippen molar-refractivity contribution in [1.82, 2.24) is 4.31 Å². The number of hydrogen-bond donors (Lipinski definition) is 1. The molecule has 1 aliphatic rings. The zero-order chi connectivity index (χ0) is 12.3. The Hall–Kier alpha value is -0.200. The van der Waals surface area contributed by atoms with E-state index in [1.807, 2.05) is 0 Å². The third-order valence-electron chi connectivity index (χ3n) is 3.15. The summed E-state index contributed by atoms with van der Waals surface area (Å²) >= 11 is 4.83. The molecule has 0 spiro atoms. The highest BCUT2D eigenvalue weighted by molar-refractivity contribution is 7.92. The van der Waals surface area contributed by atoms with Crippen molar-refractivity contribution in [1.29, 1.82) is 0 Å². The molecule has 0 aromatic rings. The third kappa shape index (κ3) is 2.93. The molecule has 0 aromatic heterocycles. The molecule has 0 radical (unpaired) electrons. The minimum Gasteiger partial charge on any atom is -0.392 e. The quantitative estimate of drug-likeness (QED) is 0.773. The van der Waals surface area contributed by atoms with Gasteiger partial charge in [-0.1, -0.05) is 26.1 Å². The monoisotopic (exact) mass is 264 g/mol. The number of thiocarbonyl (C=S) groups is 1. The van der Waals surface area contributed by atoms with Crippen LogP contribution in [0.5, 0.6) is 0 Å². The summed E-state index contributed by atoms with van der Waals surface area (Å²) in [6, 6.07) is 0. The molecule has 0 saturated carbocycles. The SMILES string of the molecule is CCC(C(N)=S)S(=O)(=O)N1CCC(C)CC1. The molecule has 1 rings (SSSR count). The van der Waals surface area contributed by atoms with Crippen LogP contribution in [0.3, 0.4) is 0 Å². The molecular weight excluding hydrogens is 244 g/mol. The summed E-state index contributed by atoms with van der Waals surface area (Å²) in [5, 5.41) is -0.698. The first-order chi connectivity index (χ1) is 7.39. The number of piperidine rings is 1. The highest BCUT2D eigenvalue weighted by Gasteiger charge is 2.34. The number of hydrogen-bond acceptors (Lipinski definition) is 3. The van der Waals surface area contributed by atoms with Crippen LogP contribution in [0, 0.1) is 5.92 Å². The van der Waals surface area contributed by atoms with E-state index in [1.165, 1.54) is 0 Å². The normalized spacial score (nSPS) is 21.9. The van der Waals surface area contributed by atoms with E-state index in [4.69, 9.17) is 18.0 Å². The Morgan fingerprint density at radius 1 is 1.50 bits per heavy atom. The summed E-state index contributed by atoms with van der Waals surface area (Å²) in [7, 11) is -3.33. The average molecular weight is 264 g/mol. The molecule has 1 heterocycles. The topological polar surface area (TPSA) is 63.4 Å². The Labute approximate surface area is 103 Å². The Morgan fingerprint density at radius 2 is 2.00 bits per heavy atom. The van der Waals surface area contributed by atoms with E-state index in [-0.39, 0.29) is 4.99 Å². The molecule has 94 valence electrons. The Balaban J connectivity index is 2.81. The molecule has 1 fully saturated rings. The minimum atomic E-state index is -3.33. The highest BCUT2D eigenvalue weighted by Crippen LogP contribution is 2.22. The van der Waals surface area contributed by atoms with Crippen LogP contribution in [0.15, 0.2) is 0 Å². The average Bonchev–Trinajstić information content (AvgIpc) is 2.18. The van der Waals surface area contributed by atoms with E-state index in [0.29, 0.717) is 25.4 Å². The second kappa shape index (κ2) is 5.42. The van der Waals surface area contributed by atoms with Gasteiger partial charge in [0.1, 0.15) is 5.25 Å². The van der Waals surface area contributed by atoms with Gasteiger partial charge < -0.3 is 5.73 Å². The lowest BCUT2D eigenvalue weighted by atomic mass is 10.0. The van der Waals surface area contributed by atoms with Gasteiger partial charge in [0.15, 0.2) is 0 Å². The molecule has 0 aromatic carbocycles. The molecule has 2 N–H and O–H groups in total. The van der Waals surface area contributed by atoms with Gasteiger partial charge in [-0.15, -0.1) is 0 Å². The van der Waals surface area contributed by atoms with Crippen molar-refractivity contribution in [2.24, 2.45) is 11.7 Å². The first kappa shape index (κ1) is 13.9. The molecule has 1 unspecified atom stereocenters. The van der Waals surface area contributed by atoms with Crippen LogP contribution < -0.4 is 5.73 Å². The fraction of sp³-hybridized carbons (Fsp3) is 0.900. The van der Waals surface area contributed by atoms with Gasteiger partial charge in [0.05, 0.1) is 4.99 Å². The van der Waals surface area contributed by atoms with Gasteiger partial charge in [-0.2, -0.15) is 0 Å². The number of nitrogens with two attached hydrogens (primary N) is 1. The van der Waals surface area contributed by atoms with Gasteiger partial charge in [0.25, 0.3) is 0 Å². The second-order valence-electron chi connectivity index (χ2n) is 4.43. The number of nitrogens with zero attached hydrogens (tertiary/aromatic N) is 1. The van der Waals surface area contributed by atoms with Gasteiger partial charge in [0.2, 0.25) is 10.0 Å². The summed E-state index contributed by atoms with van der Waals surface area (Å²) in [5.74, 6) is 0.608. The molecule has 1 atom stereocenters. The van der Waals surface area contributed by atoms with Gasteiger partial charge in [-0.3, -0.25) is 0 Å². The maximum atomic E-state index is 12.2. The zero-order valence-electron chi connectivity index (χ0n) is 9.85. The number of rotatable bonds is 4. The van der Waals surface area contributed by atoms with Crippen LogP contribution >= 0.6 is 12.2 Å². The summed E-state index contributed by atoms with van der Waals surface area (Å²) in [6.07, 6.45) is 2.30. The standard InChI is InChI=1S/C10H20N2O2S2/c1-3-9(10(11)15)16(13,14)12-6-4-8(2)5-7-12/h8-9H,3-7H2,1-2H3,(H2,11,15). The fourth-order valence-electron chi connectivity index (χ4n) is 1.98. The Kier molecular flexibility index (Phi) is 4.70. The molecule has 1 aliphatic heterocycles. The summed E-state index contributed by atoms with van der Waals surface area (Å²) in [5.41, 5.74) is 5.49. The molecular formula is C10H20N2O2S2. The van der Waals surface area contributed by atoms with Gasteiger partial charge in [-0.25, -0.2) is 12.7 Å². The fourth-order valence-corrected chi connectivity index (χ4v) is 4.30. The highest BCUT2D eigenvalue weighted by atomic mass is 32.2. The molecule has 0 aliphatic carbocycles. The Bertz CT molecular complexity index is 346. The Morgan fingerprint density at radius 3 is 2.38 bits per heavy atom. The zero-order valence-corrected chi connectivity index (χ0v) is 11.5. The smallest absolute Gasteiger partial charge is 0.223 e. The van der Waals surface area contributed by atoms with Crippen LogP contribution in [-0.2, 0) is 10.0 Å². The van der Waals surface area contributed by atoms with Gasteiger partial charge >= 0.3 is 0 Å². The molecule has 4 nitrogen and oxygen atoms in total. The van der Waals surface area contributed by atoms with Crippen molar-refractivity contribution >= 4 is 27.2 Å². The van der Waals surface area contributed by atoms with Gasteiger partial charge in [0, 0.05) is 13.1 Å². The molecule has 0 amide bonds. The number of sulfonamides is 1. The summed E-state index contributed by atoms with van der Waals surface area (Å²) < 4.78 is 26.0. The molecule has 1 saturated heterocycles. The van der Waals surface area contributed by atoms with Crippen molar-refractivity contribution in [3.05, 3.63) is 0 Å². The van der Waals surface area contributed by atoms with Crippen LogP contribution in [0.1, 0.15) is 33.1 Å². The predicted molar refractivity (Wildman–Crippen MR) is 69.8 cm³/mol. The maximum absolute atomic E-state index is 12.2. The lowest BCUT2D eigenvalue weighted by Gasteiger charge is -2.32. The van der Waals surface area contributed by atoms with Crippen molar-refractivity contribution in [3.8, 4) is 0 Å². The van der Waals surface area contributed by atoms with Crippen LogP contribution in [-0.4, -0.2) is 36.1 Å². The molecule has 6 heteroatoms. The minimum absolute atomic E-state index is 0.0844. The lowest BCUT2D eigenvalue weighted by molar-refractivity contribution is 0.287. The van der Waals surface area contributed by atoms with E-state index in [1.54, 1.807) is 11.2 Å². The summed E-state index contributed by atoms with van der Waals surface area (Å²) in [4.78, 5) is 0.0844. The first-order valence-corrected chi connectivity index (χ1v) is 7.59. The van der Waals surface area contributed by atoms with Crippen molar-refractivity contribution < 1.29 is 8.42 Å². The van der Waals surface area contributed by atoms with Crippen molar-refractivity contribution in [3.63, 3.8) is 0 Å². The van der Waals surface area contributed by atoms with E-state index >= 15 is 0 Å². The van der Waals surface area contributed by atoms with E-state index in [0.717, 1.165) is 12.8 Å². The van der Waals surface area contributed by atoms with Gasteiger partial charge in [-0.05, 0) is 25.2 Å². The van der Waals surface area contributed by atoms with Crippen LogP contribution in [0.25, 0.3) is 0 Å². The van der Waals surface area contributed by atoms with Crippen LogP contribution in [0.4, 0.5) is 0 Å². The molecule has 16 heavy (non-hydrogen) atoms. The lowest BCUT2D eigenvalue weighted by Crippen LogP contribution is -2.47. The maximum Gasteiger partial charge on any atom is 0.223 e. The molecule has 0 bridgehead atoms. The first-order valence-electron chi connectivity index (χ1n) is 5.67. The van der Waals surface area contributed by atoms with Crippen LogP contribution in [0.2, 0.25) is 0 Å². The van der Waals surface area contributed by atoms with Crippen molar-refractivity contribution in [2.75, 3.05) is 13.1 Å². The van der Waals surface area contributed by atoms with E-state index in [2.05, 4.69) is 6.92 Å². The largest absolute Gasteiger partial charge is 0.392 e. The van der Waals surface area contributed by atoms with E-state index in [9.17, 15) is 8.42 Å².